The summed E-state index contributed by atoms with van der Waals surface area (Å²) in [7, 11) is 1.58. The zero-order valence-corrected chi connectivity index (χ0v) is 20.8. The number of fused-ring (bicyclic) bond motifs is 1. The Kier molecular flexibility index (Phi) is 8.30. The van der Waals surface area contributed by atoms with Crippen molar-refractivity contribution in [2.75, 3.05) is 50.6 Å². The first kappa shape index (κ1) is 25.1. The van der Waals surface area contributed by atoms with E-state index in [1.807, 2.05) is 42.5 Å². The molecule has 2 aliphatic rings. The van der Waals surface area contributed by atoms with Gasteiger partial charge in [0.1, 0.15) is 25.0 Å². The minimum Gasteiger partial charge on any atom is -0.493 e. The summed E-state index contributed by atoms with van der Waals surface area (Å²) in [6.07, 6.45) is 0.836. The maximum absolute atomic E-state index is 13.1. The lowest BCUT2D eigenvalue weighted by molar-refractivity contribution is -0.139. The molecular formula is C26H30N2O6S. The molecule has 1 fully saturated rings. The van der Waals surface area contributed by atoms with Gasteiger partial charge in [0.2, 0.25) is 11.8 Å². The van der Waals surface area contributed by atoms with Crippen LogP contribution in [0.2, 0.25) is 0 Å². The highest BCUT2D eigenvalue weighted by Crippen LogP contribution is 2.35. The fourth-order valence-electron chi connectivity index (χ4n) is 4.10. The minimum absolute atomic E-state index is 0.0134. The lowest BCUT2D eigenvalue weighted by atomic mass is 10.1. The van der Waals surface area contributed by atoms with Crippen LogP contribution in [0.25, 0.3) is 0 Å². The molecule has 2 heterocycles. The molecule has 2 aliphatic heterocycles. The van der Waals surface area contributed by atoms with Gasteiger partial charge in [-0.05, 0) is 43.2 Å². The average molecular weight is 499 g/mol. The number of anilines is 1. The Bertz CT molecular complexity index is 1090. The second-order valence-corrected chi connectivity index (χ2v) is 9.58. The molecule has 0 bridgehead atoms. The van der Waals surface area contributed by atoms with Crippen LogP contribution in [0.3, 0.4) is 0 Å². The molecule has 186 valence electrons. The van der Waals surface area contributed by atoms with E-state index in [-0.39, 0.29) is 36.9 Å². The number of thioether (sulfide) groups is 1. The van der Waals surface area contributed by atoms with Gasteiger partial charge in [-0.25, -0.2) is 0 Å². The van der Waals surface area contributed by atoms with E-state index in [1.54, 1.807) is 23.8 Å². The number of benzene rings is 2. The number of morpholine rings is 1. The molecule has 1 saturated heterocycles. The standard InChI is InChI=1S/C26H30N2O6S/c1-18(29)7-8-19-9-10-22(23(13-19)32-2)34-16-20-14-27(11-12-33-20)25(30)15-28-21-5-3-4-6-24(21)35-17-26(28)31/h3-6,9-10,13,20H,7-8,11-12,14-17H2,1-2H3. The number of carbonyl (C=O) groups is 3. The number of methoxy groups -OCH3 is 1. The Labute approximate surface area is 209 Å². The zero-order chi connectivity index (χ0) is 24.8. The zero-order valence-electron chi connectivity index (χ0n) is 20.0. The van der Waals surface area contributed by atoms with Crippen LogP contribution in [0.15, 0.2) is 47.4 Å². The first-order chi connectivity index (χ1) is 16.9. The Morgan fingerprint density at radius 2 is 2.00 bits per heavy atom. The van der Waals surface area contributed by atoms with Crippen LogP contribution < -0.4 is 14.4 Å². The maximum Gasteiger partial charge on any atom is 0.242 e. The highest BCUT2D eigenvalue weighted by Gasteiger charge is 2.30. The normalized spacial score (nSPS) is 17.7. The molecule has 0 N–H and O–H groups in total. The van der Waals surface area contributed by atoms with Crippen molar-refractivity contribution in [3.8, 4) is 11.5 Å². The van der Waals surface area contributed by atoms with Crippen molar-refractivity contribution >= 4 is 35.0 Å². The van der Waals surface area contributed by atoms with Crippen LogP contribution in [-0.4, -0.2) is 74.3 Å². The molecule has 8 nitrogen and oxygen atoms in total. The average Bonchev–Trinajstić information content (AvgIpc) is 2.88. The SMILES string of the molecule is COc1cc(CCC(C)=O)ccc1OCC1CN(C(=O)CN2C(=O)CSc3ccccc32)CCO1. The molecule has 1 atom stereocenters. The van der Waals surface area contributed by atoms with Crippen LogP contribution >= 0.6 is 11.8 Å². The number of ether oxygens (including phenoxy) is 3. The number of nitrogens with zero attached hydrogens (tertiary/aromatic N) is 2. The molecule has 9 heteroatoms. The quantitative estimate of drug-likeness (QED) is 0.526. The summed E-state index contributed by atoms with van der Waals surface area (Å²) in [6.45, 7) is 3.11. The maximum atomic E-state index is 13.1. The number of carbonyl (C=O) groups excluding carboxylic acids is 3. The van der Waals surface area contributed by atoms with E-state index in [2.05, 4.69) is 0 Å². The van der Waals surface area contributed by atoms with Crippen molar-refractivity contribution < 1.29 is 28.6 Å². The van der Waals surface area contributed by atoms with Crippen LogP contribution in [0.5, 0.6) is 11.5 Å². The van der Waals surface area contributed by atoms with Gasteiger partial charge in [-0.3, -0.25) is 9.59 Å². The molecule has 0 aromatic heterocycles. The lowest BCUT2D eigenvalue weighted by Crippen LogP contribution is -2.51. The highest BCUT2D eigenvalue weighted by atomic mass is 32.2. The van der Waals surface area contributed by atoms with E-state index in [4.69, 9.17) is 14.2 Å². The van der Waals surface area contributed by atoms with Gasteiger partial charge in [-0.2, -0.15) is 0 Å². The van der Waals surface area contributed by atoms with Gasteiger partial charge in [0.25, 0.3) is 0 Å². The van der Waals surface area contributed by atoms with Crippen molar-refractivity contribution in [1.29, 1.82) is 0 Å². The number of para-hydroxylation sites is 1. The number of hydrogen-bond acceptors (Lipinski definition) is 7. The second-order valence-electron chi connectivity index (χ2n) is 8.57. The number of rotatable bonds is 9. The van der Waals surface area contributed by atoms with Crippen LogP contribution in [0.1, 0.15) is 18.9 Å². The summed E-state index contributed by atoms with van der Waals surface area (Å²) < 4.78 is 17.3. The molecule has 0 spiro atoms. The number of Topliss-reactive ketones (excluding diaryl/α,β-unsaturated/α-hetero) is 1. The van der Waals surface area contributed by atoms with E-state index < -0.39 is 0 Å². The summed E-state index contributed by atoms with van der Waals surface area (Å²) >= 11 is 1.50. The molecular weight excluding hydrogens is 468 g/mol. The number of aryl methyl sites for hydroxylation is 1. The smallest absolute Gasteiger partial charge is 0.242 e. The van der Waals surface area contributed by atoms with Crippen molar-refractivity contribution in [1.82, 2.24) is 4.90 Å². The third-order valence-electron chi connectivity index (χ3n) is 6.01. The molecule has 0 radical (unpaired) electrons. The van der Waals surface area contributed by atoms with Crippen LogP contribution in [0.4, 0.5) is 5.69 Å². The highest BCUT2D eigenvalue weighted by molar-refractivity contribution is 8.00. The molecule has 1 unspecified atom stereocenters. The first-order valence-electron chi connectivity index (χ1n) is 11.7. The summed E-state index contributed by atoms with van der Waals surface area (Å²) in [5, 5.41) is 0. The summed E-state index contributed by atoms with van der Waals surface area (Å²) in [5.74, 6) is 1.48. The van der Waals surface area contributed by atoms with Gasteiger partial charge in [0.15, 0.2) is 11.5 Å². The Morgan fingerprint density at radius 3 is 2.80 bits per heavy atom. The molecule has 4 rings (SSSR count). The van der Waals surface area contributed by atoms with Gasteiger partial charge in [0, 0.05) is 17.9 Å². The fraction of sp³-hybridized carbons (Fsp3) is 0.423. The van der Waals surface area contributed by atoms with Gasteiger partial charge < -0.3 is 28.8 Å². The Balaban J connectivity index is 1.34. The Hall–Kier alpha value is -3.04. The molecule has 0 saturated carbocycles. The van der Waals surface area contributed by atoms with Crippen molar-refractivity contribution in [2.45, 2.75) is 30.8 Å². The van der Waals surface area contributed by atoms with Gasteiger partial charge in [-0.15, -0.1) is 11.8 Å². The van der Waals surface area contributed by atoms with E-state index in [0.717, 1.165) is 16.1 Å². The van der Waals surface area contributed by atoms with Gasteiger partial charge in [-0.1, -0.05) is 18.2 Å². The van der Waals surface area contributed by atoms with E-state index in [1.165, 1.54) is 11.8 Å². The van der Waals surface area contributed by atoms with E-state index in [9.17, 15) is 14.4 Å². The molecule has 35 heavy (non-hydrogen) atoms. The predicted octanol–water partition coefficient (Wildman–Crippen LogP) is 2.96. The summed E-state index contributed by atoms with van der Waals surface area (Å²) in [4.78, 5) is 41.2. The third kappa shape index (κ3) is 6.35. The van der Waals surface area contributed by atoms with E-state index >= 15 is 0 Å². The van der Waals surface area contributed by atoms with Gasteiger partial charge >= 0.3 is 0 Å². The molecule has 0 aliphatic carbocycles. The monoisotopic (exact) mass is 498 g/mol. The third-order valence-corrected chi connectivity index (χ3v) is 7.06. The number of hydrogen-bond donors (Lipinski definition) is 0. The first-order valence-corrected chi connectivity index (χ1v) is 12.6. The lowest BCUT2D eigenvalue weighted by Gasteiger charge is -2.35. The topological polar surface area (TPSA) is 85.4 Å². The van der Waals surface area contributed by atoms with Crippen molar-refractivity contribution in [3.05, 3.63) is 48.0 Å². The minimum atomic E-state index is -0.297. The molecule has 2 aromatic carbocycles. The predicted molar refractivity (Wildman–Crippen MR) is 133 cm³/mol. The van der Waals surface area contributed by atoms with Crippen molar-refractivity contribution in [3.63, 3.8) is 0 Å². The van der Waals surface area contributed by atoms with Crippen LogP contribution in [-0.2, 0) is 25.5 Å². The molecule has 2 amide bonds. The Morgan fingerprint density at radius 1 is 1.17 bits per heavy atom. The van der Waals surface area contributed by atoms with Gasteiger partial charge in [0.05, 0.1) is 31.7 Å². The summed E-state index contributed by atoms with van der Waals surface area (Å²) in [6, 6.07) is 13.3. The second kappa shape index (κ2) is 11.6. The number of amides is 2. The molecule has 2 aromatic rings. The van der Waals surface area contributed by atoms with Crippen LogP contribution in [0, 0.1) is 0 Å². The van der Waals surface area contributed by atoms with Crippen molar-refractivity contribution in [2.24, 2.45) is 0 Å². The summed E-state index contributed by atoms with van der Waals surface area (Å²) in [5.41, 5.74) is 1.79. The van der Waals surface area contributed by atoms with E-state index in [0.29, 0.717) is 49.8 Å². The fourth-order valence-corrected chi connectivity index (χ4v) is 5.03. The largest absolute Gasteiger partial charge is 0.493 e. The number of ketones is 1.